The van der Waals surface area contributed by atoms with Gasteiger partial charge in [0, 0.05) is 6.54 Å². The number of nitrogens with one attached hydrogen (secondary N) is 1. The standard InChI is InChI=1S/C13H15FN2O4/c1-7(17)8-2-3-11(9(14)6-8)16-5-4-10(12(16)18)15-13(19)20/h2-3,6-7,10,15,17H,4-5H2,1H3,(H,19,20). The van der Waals surface area contributed by atoms with Crippen molar-refractivity contribution in [1.82, 2.24) is 5.32 Å². The Hall–Kier alpha value is -2.15. The fraction of sp³-hybridized carbons (Fsp3) is 0.385. The van der Waals surface area contributed by atoms with Crippen molar-refractivity contribution in [3.05, 3.63) is 29.6 Å². The molecule has 7 heteroatoms. The first-order chi connectivity index (χ1) is 9.40. The Morgan fingerprint density at radius 2 is 2.25 bits per heavy atom. The second-order valence-electron chi connectivity index (χ2n) is 4.67. The zero-order chi connectivity index (χ0) is 14.9. The molecular weight excluding hydrogens is 267 g/mol. The van der Waals surface area contributed by atoms with Gasteiger partial charge in [-0.1, -0.05) is 6.07 Å². The Balaban J connectivity index is 2.21. The van der Waals surface area contributed by atoms with Crippen molar-refractivity contribution in [1.29, 1.82) is 0 Å². The average molecular weight is 282 g/mol. The lowest BCUT2D eigenvalue weighted by Gasteiger charge is -2.18. The van der Waals surface area contributed by atoms with Gasteiger partial charge in [-0.2, -0.15) is 0 Å². The van der Waals surface area contributed by atoms with Crippen molar-refractivity contribution in [2.24, 2.45) is 0 Å². The van der Waals surface area contributed by atoms with Gasteiger partial charge in [-0.15, -0.1) is 0 Å². The van der Waals surface area contributed by atoms with Crippen molar-refractivity contribution >= 4 is 17.7 Å². The molecule has 2 rings (SSSR count). The fourth-order valence-electron chi connectivity index (χ4n) is 2.20. The minimum absolute atomic E-state index is 0.0917. The van der Waals surface area contributed by atoms with Crippen molar-refractivity contribution < 1.29 is 24.2 Å². The van der Waals surface area contributed by atoms with Crippen molar-refractivity contribution in [3.63, 3.8) is 0 Å². The van der Waals surface area contributed by atoms with Gasteiger partial charge in [0.15, 0.2) is 0 Å². The van der Waals surface area contributed by atoms with E-state index in [0.29, 0.717) is 12.0 Å². The number of hydrogen-bond donors (Lipinski definition) is 3. The molecule has 2 amide bonds. The van der Waals surface area contributed by atoms with Crippen LogP contribution in [0.2, 0.25) is 0 Å². The van der Waals surface area contributed by atoms with Crippen LogP contribution in [-0.2, 0) is 4.79 Å². The maximum absolute atomic E-state index is 14.0. The molecule has 1 heterocycles. The largest absolute Gasteiger partial charge is 0.465 e. The van der Waals surface area contributed by atoms with Gasteiger partial charge < -0.3 is 20.4 Å². The van der Waals surface area contributed by atoms with E-state index < -0.39 is 30.0 Å². The third-order valence-electron chi connectivity index (χ3n) is 3.25. The summed E-state index contributed by atoms with van der Waals surface area (Å²) in [6.07, 6.45) is -1.78. The van der Waals surface area contributed by atoms with Crippen LogP contribution in [0.4, 0.5) is 14.9 Å². The number of rotatable bonds is 3. The highest BCUT2D eigenvalue weighted by molar-refractivity contribution is 6.00. The first-order valence-electron chi connectivity index (χ1n) is 6.18. The van der Waals surface area contributed by atoms with E-state index in [2.05, 4.69) is 5.32 Å². The summed E-state index contributed by atoms with van der Waals surface area (Å²) in [6, 6.07) is 3.28. The Morgan fingerprint density at radius 1 is 1.55 bits per heavy atom. The molecule has 0 radical (unpaired) electrons. The normalized spacial score (nSPS) is 20.1. The Kier molecular flexibility index (Phi) is 3.89. The predicted octanol–water partition coefficient (Wildman–Crippen LogP) is 1.25. The number of benzene rings is 1. The molecule has 0 spiro atoms. The number of aliphatic hydroxyl groups excluding tert-OH is 1. The smallest absolute Gasteiger partial charge is 0.405 e. The van der Waals surface area contributed by atoms with Crippen molar-refractivity contribution in [3.8, 4) is 0 Å². The molecule has 0 aliphatic carbocycles. The number of carbonyl (C=O) groups excluding carboxylic acids is 1. The van der Waals surface area contributed by atoms with E-state index in [1.165, 1.54) is 30.0 Å². The highest BCUT2D eigenvalue weighted by Crippen LogP contribution is 2.27. The van der Waals surface area contributed by atoms with Crippen LogP contribution in [0.25, 0.3) is 0 Å². The van der Waals surface area contributed by atoms with Crippen LogP contribution in [0.3, 0.4) is 0 Å². The zero-order valence-corrected chi connectivity index (χ0v) is 10.8. The molecule has 20 heavy (non-hydrogen) atoms. The first-order valence-corrected chi connectivity index (χ1v) is 6.18. The third-order valence-corrected chi connectivity index (χ3v) is 3.25. The van der Waals surface area contributed by atoms with Gasteiger partial charge >= 0.3 is 6.09 Å². The Bertz CT molecular complexity index is 547. The molecule has 1 aliphatic heterocycles. The first kappa shape index (κ1) is 14.3. The molecule has 1 fully saturated rings. The van der Waals surface area contributed by atoms with E-state index in [1.54, 1.807) is 0 Å². The van der Waals surface area contributed by atoms with Crippen LogP contribution >= 0.6 is 0 Å². The molecule has 0 aromatic heterocycles. The molecule has 0 bridgehead atoms. The summed E-state index contributed by atoms with van der Waals surface area (Å²) < 4.78 is 14.0. The predicted molar refractivity (Wildman–Crippen MR) is 69.0 cm³/mol. The van der Waals surface area contributed by atoms with Crippen LogP contribution in [-0.4, -0.2) is 34.8 Å². The monoisotopic (exact) mass is 282 g/mol. The molecule has 2 unspecified atom stereocenters. The number of anilines is 1. The van der Waals surface area contributed by atoms with Crippen LogP contribution < -0.4 is 10.2 Å². The number of carbonyl (C=O) groups is 2. The van der Waals surface area contributed by atoms with Crippen LogP contribution in [0, 0.1) is 5.82 Å². The third kappa shape index (κ3) is 2.72. The van der Waals surface area contributed by atoms with E-state index in [0.717, 1.165) is 0 Å². The van der Waals surface area contributed by atoms with E-state index in [9.17, 15) is 19.1 Å². The van der Waals surface area contributed by atoms with Gasteiger partial charge in [-0.25, -0.2) is 9.18 Å². The van der Waals surface area contributed by atoms with Crippen LogP contribution in [0.15, 0.2) is 18.2 Å². The van der Waals surface area contributed by atoms with Gasteiger partial charge in [-0.3, -0.25) is 4.79 Å². The summed E-state index contributed by atoms with van der Waals surface area (Å²) >= 11 is 0. The quantitative estimate of drug-likeness (QED) is 0.778. The van der Waals surface area contributed by atoms with Gasteiger partial charge in [0.25, 0.3) is 0 Å². The second-order valence-corrected chi connectivity index (χ2v) is 4.67. The summed E-state index contributed by atoms with van der Waals surface area (Å²) in [5.41, 5.74) is 0.507. The molecule has 2 atom stereocenters. The number of hydrogen-bond acceptors (Lipinski definition) is 3. The van der Waals surface area contributed by atoms with Gasteiger partial charge in [-0.05, 0) is 31.0 Å². The van der Waals surface area contributed by atoms with Crippen LogP contribution in [0.1, 0.15) is 25.0 Å². The molecule has 3 N–H and O–H groups in total. The summed E-state index contributed by atoms with van der Waals surface area (Å²) in [4.78, 5) is 23.8. The number of aliphatic hydroxyl groups is 1. The average Bonchev–Trinajstić information content (AvgIpc) is 2.70. The van der Waals surface area contributed by atoms with Gasteiger partial charge in [0.1, 0.15) is 11.9 Å². The molecule has 1 aliphatic rings. The fourth-order valence-corrected chi connectivity index (χ4v) is 2.20. The zero-order valence-electron chi connectivity index (χ0n) is 10.8. The summed E-state index contributed by atoms with van der Waals surface area (Å²) in [5.74, 6) is -1.09. The lowest BCUT2D eigenvalue weighted by molar-refractivity contribution is -0.118. The van der Waals surface area contributed by atoms with Gasteiger partial charge in [0.05, 0.1) is 11.8 Å². The highest BCUT2D eigenvalue weighted by atomic mass is 19.1. The second kappa shape index (κ2) is 5.46. The Labute approximate surface area is 114 Å². The van der Waals surface area contributed by atoms with E-state index in [-0.39, 0.29) is 12.2 Å². The molecule has 1 aromatic carbocycles. The van der Waals surface area contributed by atoms with E-state index in [1.807, 2.05) is 0 Å². The van der Waals surface area contributed by atoms with E-state index in [4.69, 9.17) is 5.11 Å². The molecule has 108 valence electrons. The van der Waals surface area contributed by atoms with E-state index >= 15 is 0 Å². The number of amides is 2. The number of nitrogens with zero attached hydrogens (tertiary/aromatic N) is 1. The number of halogens is 1. The summed E-state index contributed by atoms with van der Waals surface area (Å²) in [7, 11) is 0. The summed E-state index contributed by atoms with van der Waals surface area (Å²) in [6.45, 7) is 1.76. The Morgan fingerprint density at radius 3 is 2.80 bits per heavy atom. The van der Waals surface area contributed by atoms with Crippen molar-refractivity contribution in [2.45, 2.75) is 25.5 Å². The molecular formula is C13H15FN2O4. The SMILES string of the molecule is CC(O)c1ccc(N2CCC(NC(=O)O)C2=O)c(F)c1. The molecule has 1 saturated heterocycles. The topological polar surface area (TPSA) is 89.9 Å². The minimum Gasteiger partial charge on any atom is -0.465 e. The lowest BCUT2D eigenvalue weighted by atomic mass is 10.1. The van der Waals surface area contributed by atoms with Gasteiger partial charge in [0.2, 0.25) is 5.91 Å². The molecule has 6 nitrogen and oxygen atoms in total. The van der Waals surface area contributed by atoms with Crippen LogP contribution in [0.5, 0.6) is 0 Å². The summed E-state index contributed by atoms with van der Waals surface area (Å²) in [5, 5.41) is 20.1. The highest BCUT2D eigenvalue weighted by Gasteiger charge is 2.34. The molecule has 0 saturated carbocycles. The lowest BCUT2D eigenvalue weighted by Crippen LogP contribution is -2.41. The van der Waals surface area contributed by atoms with Crippen molar-refractivity contribution in [2.75, 3.05) is 11.4 Å². The molecule has 1 aromatic rings. The number of carboxylic acid groups (broad SMARTS) is 1. The minimum atomic E-state index is -1.28. The maximum Gasteiger partial charge on any atom is 0.405 e. The maximum atomic E-state index is 14.0.